The maximum atomic E-state index is 12.6. The number of nitrogens with zero attached hydrogens (tertiary/aromatic N) is 2. The second kappa shape index (κ2) is 6.79. The van der Waals surface area contributed by atoms with Gasteiger partial charge in [-0.25, -0.2) is 14.5 Å². The predicted octanol–water partition coefficient (Wildman–Crippen LogP) is 2.68. The van der Waals surface area contributed by atoms with Crippen LogP contribution in [0.15, 0.2) is 54.6 Å². The molecule has 1 fully saturated rings. The van der Waals surface area contributed by atoms with Gasteiger partial charge in [0, 0.05) is 13.8 Å². The average Bonchev–Trinajstić information content (AvgIpc) is 2.87. The second-order valence-electron chi connectivity index (χ2n) is 5.78. The summed E-state index contributed by atoms with van der Waals surface area (Å²) < 4.78 is 0. The first-order valence-corrected chi connectivity index (χ1v) is 7.92. The molecule has 4 amide bonds. The minimum absolute atomic E-state index is 0.337. The van der Waals surface area contributed by atoms with Gasteiger partial charge in [-0.3, -0.25) is 9.59 Å². The zero-order chi connectivity index (χ0) is 18.8. The lowest BCUT2D eigenvalue weighted by atomic mass is 9.99. The third-order valence-corrected chi connectivity index (χ3v) is 3.94. The number of urea groups is 1. The van der Waals surface area contributed by atoms with E-state index < -0.39 is 29.9 Å². The Bertz CT molecular complexity index is 894. The van der Waals surface area contributed by atoms with Crippen molar-refractivity contribution in [2.75, 3.05) is 0 Å². The lowest BCUT2D eigenvalue weighted by molar-refractivity contribution is -0.181. The highest BCUT2D eigenvalue weighted by Gasteiger charge is 2.50. The Balaban J connectivity index is 2.04. The summed E-state index contributed by atoms with van der Waals surface area (Å²) in [5, 5.41) is 0.337. The van der Waals surface area contributed by atoms with E-state index in [1.165, 1.54) is 6.92 Å². The van der Waals surface area contributed by atoms with Gasteiger partial charge in [0.25, 0.3) is 5.91 Å². The molecule has 0 saturated carbocycles. The van der Waals surface area contributed by atoms with Crippen LogP contribution in [0, 0.1) is 0 Å². The van der Waals surface area contributed by atoms with Crippen LogP contribution in [0.25, 0.3) is 11.1 Å². The Labute approximate surface area is 149 Å². The number of hydroxylamine groups is 2. The number of carbonyl (C=O) groups is 4. The smallest absolute Gasteiger partial charge is 0.329 e. The minimum Gasteiger partial charge on any atom is -0.329 e. The monoisotopic (exact) mass is 352 g/mol. The van der Waals surface area contributed by atoms with Crippen LogP contribution in [0.1, 0.15) is 25.5 Å². The van der Waals surface area contributed by atoms with E-state index >= 15 is 0 Å². The van der Waals surface area contributed by atoms with Crippen molar-refractivity contribution < 1.29 is 24.0 Å². The van der Waals surface area contributed by atoms with E-state index in [2.05, 4.69) is 4.84 Å². The molecule has 1 unspecified atom stereocenters. The summed E-state index contributed by atoms with van der Waals surface area (Å²) in [7, 11) is 0. The highest BCUT2D eigenvalue weighted by molar-refractivity contribution is 6.11. The van der Waals surface area contributed by atoms with E-state index in [1.54, 1.807) is 18.2 Å². The van der Waals surface area contributed by atoms with Crippen molar-refractivity contribution in [3.8, 4) is 11.1 Å². The molecule has 0 aliphatic carbocycles. The molecule has 7 heteroatoms. The molecule has 132 valence electrons. The zero-order valence-electron chi connectivity index (χ0n) is 14.2. The third kappa shape index (κ3) is 3.06. The summed E-state index contributed by atoms with van der Waals surface area (Å²) in [5.41, 5.74) is 2.21. The minimum atomic E-state index is -1.18. The van der Waals surface area contributed by atoms with Crippen LogP contribution in [-0.4, -0.2) is 33.8 Å². The molecular weight excluding hydrogens is 336 g/mol. The molecule has 1 atom stereocenters. The highest BCUT2D eigenvalue weighted by Crippen LogP contribution is 2.33. The van der Waals surface area contributed by atoms with Gasteiger partial charge < -0.3 is 4.84 Å². The maximum Gasteiger partial charge on any atom is 0.368 e. The Hall–Kier alpha value is -3.48. The topological polar surface area (TPSA) is 84.0 Å². The van der Waals surface area contributed by atoms with E-state index in [-0.39, 0.29) is 0 Å². The van der Waals surface area contributed by atoms with Gasteiger partial charge in [0.2, 0.25) is 5.91 Å². The zero-order valence-corrected chi connectivity index (χ0v) is 14.2. The molecule has 3 rings (SSSR count). The summed E-state index contributed by atoms with van der Waals surface area (Å²) in [5.74, 6) is -2.23. The summed E-state index contributed by atoms with van der Waals surface area (Å²) in [6.45, 7) is 2.25. The molecule has 0 bridgehead atoms. The fourth-order valence-electron chi connectivity index (χ4n) is 2.86. The van der Waals surface area contributed by atoms with Crippen molar-refractivity contribution in [1.82, 2.24) is 9.96 Å². The number of rotatable bonds is 3. The van der Waals surface area contributed by atoms with Crippen LogP contribution in [0.2, 0.25) is 0 Å². The van der Waals surface area contributed by atoms with Crippen molar-refractivity contribution >= 4 is 23.8 Å². The standard InChI is InChI=1S/C19H16N2O5/c1-12(22)20-17(18(24)21(19(20)25)26-13(2)23)16-10-6-9-15(11-16)14-7-4-3-5-8-14/h3-11,17H,1-2H3. The molecule has 1 aliphatic rings. The Morgan fingerprint density at radius 3 is 2.19 bits per heavy atom. The van der Waals surface area contributed by atoms with Crippen LogP contribution < -0.4 is 0 Å². The van der Waals surface area contributed by atoms with Crippen LogP contribution in [0.5, 0.6) is 0 Å². The highest BCUT2D eigenvalue weighted by atomic mass is 16.7. The number of carbonyl (C=O) groups excluding carboxylic acids is 4. The van der Waals surface area contributed by atoms with E-state index in [1.807, 2.05) is 36.4 Å². The van der Waals surface area contributed by atoms with Gasteiger partial charge >= 0.3 is 12.0 Å². The largest absolute Gasteiger partial charge is 0.368 e. The first kappa shape index (κ1) is 17.3. The van der Waals surface area contributed by atoms with Crippen molar-refractivity contribution in [1.29, 1.82) is 0 Å². The Morgan fingerprint density at radius 2 is 1.58 bits per heavy atom. The van der Waals surface area contributed by atoms with Crippen molar-refractivity contribution in [3.63, 3.8) is 0 Å². The van der Waals surface area contributed by atoms with Gasteiger partial charge in [0.1, 0.15) is 6.04 Å². The predicted molar refractivity (Wildman–Crippen MR) is 91.1 cm³/mol. The van der Waals surface area contributed by atoms with Crippen LogP contribution >= 0.6 is 0 Å². The molecule has 2 aromatic carbocycles. The number of hydrogen-bond acceptors (Lipinski definition) is 5. The van der Waals surface area contributed by atoms with E-state index in [4.69, 9.17) is 0 Å². The number of amides is 4. The molecule has 26 heavy (non-hydrogen) atoms. The lowest BCUT2D eigenvalue weighted by Crippen LogP contribution is -2.36. The van der Waals surface area contributed by atoms with Crippen LogP contribution in [-0.2, 0) is 19.2 Å². The van der Waals surface area contributed by atoms with Gasteiger partial charge in [-0.05, 0) is 22.8 Å². The lowest BCUT2D eigenvalue weighted by Gasteiger charge is -2.18. The molecule has 1 saturated heterocycles. The molecule has 7 nitrogen and oxygen atoms in total. The van der Waals surface area contributed by atoms with Gasteiger partial charge in [0.15, 0.2) is 0 Å². The van der Waals surface area contributed by atoms with Crippen LogP contribution in [0.4, 0.5) is 4.79 Å². The maximum absolute atomic E-state index is 12.6. The molecule has 1 aliphatic heterocycles. The van der Waals surface area contributed by atoms with E-state index in [0.29, 0.717) is 10.6 Å². The Kier molecular flexibility index (Phi) is 4.53. The first-order chi connectivity index (χ1) is 12.4. The van der Waals surface area contributed by atoms with Gasteiger partial charge in [-0.1, -0.05) is 53.6 Å². The second-order valence-corrected chi connectivity index (χ2v) is 5.78. The average molecular weight is 352 g/mol. The van der Waals surface area contributed by atoms with Gasteiger partial charge in [0.05, 0.1) is 0 Å². The Morgan fingerprint density at radius 1 is 0.923 bits per heavy atom. The molecule has 2 aromatic rings. The number of hydrogen-bond donors (Lipinski definition) is 0. The normalized spacial score (nSPS) is 16.8. The van der Waals surface area contributed by atoms with Crippen molar-refractivity contribution in [3.05, 3.63) is 60.2 Å². The number of imide groups is 2. The van der Waals surface area contributed by atoms with Crippen molar-refractivity contribution in [2.45, 2.75) is 19.9 Å². The molecule has 0 radical (unpaired) electrons. The van der Waals surface area contributed by atoms with Crippen molar-refractivity contribution in [2.24, 2.45) is 0 Å². The summed E-state index contributed by atoms with van der Waals surface area (Å²) in [6.07, 6.45) is 0. The molecule has 1 heterocycles. The summed E-state index contributed by atoms with van der Waals surface area (Å²) in [4.78, 5) is 53.6. The summed E-state index contributed by atoms with van der Waals surface area (Å²) in [6, 6.07) is 14.3. The van der Waals surface area contributed by atoms with Crippen LogP contribution in [0.3, 0.4) is 0 Å². The van der Waals surface area contributed by atoms with Gasteiger partial charge in [-0.2, -0.15) is 0 Å². The molecule has 0 spiro atoms. The molecular formula is C19H16N2O5. The molecule has 0 aromatic heterocycles. The van der Waals surface area contributed by atoms with E-state index in [9.17, 15) is 19.2 Å². The quantitative estimate of drug-likeness (QED) is 0.793. The molecule has 0 N–H and O–H groups in total. The van der Waals surface area contributed by atoms with Gasteiger partial charge in [-0.15, -0.1) is 0 Å². The third-order valence-electron chi connectivity index (χ3n) is 3.94. The number of benzene rings is 2. The van der Waals surface area contributed by atoms with E-state index in [0.717, 1.165) is 23.0 Å². The SMILES string of the molecule is CC(=O)ON1C(=O)C(c2cccc(-c3ccccc3)c2)N(C(C)=O)C1=O. The summed E-state index contributed by atoms with van der Waals surface area (Å²) >= 11 is 0. The fourth-order valence-corrected chi connectivity index (χ4v) is 2.86. The first-order valence-electron chi connectivity index (χ1n) is 7.92. The fraction of sp³-hybridized carbons (Fsp3) is 0.158.